The molecule has 0 aromatic carbocycles. The minimum absolute atomic E-state index is 0.0543. The molecule has 7 nitrogen and oxygen atoms in total. The van der Waals surface area contributed by atoms with Crippen molar-refractivity contribution in [2.75, 3.05) is 6.54 Å². The maximum Gasteiger partial charge on any atom is 0.305 e. The van der Waals surface area contributed by atoms with Crippen molar-refractivity contribution in [3.05, 3.63) is 32.8 Å². The van der Waals surface area contributed by atoms with Gasteiger partial charge in [-0.1, -0.05) is 11.3 Å². The van der Waals surface area contributed by atoms with Crippen molar-refractivity contribution in [2.45, 2.75) is 37.9 Å². The first-order valence-electron chi connectivity index (χ1n) is 6.50. The summed E-state index contributed by atoms with van der Waals surface area (Å²) in [6.07, 6.45) is 0.625. The monoisotopic (exact) mass is 330 g/mol. The van der Waals surface area contributed by atoms with E-state index in [0.717, 1.165) is 11.4 Å². The lowest BCUT2D eigenvalue weighted by Gasteiger charge is -2.06. The molecule has 0 spiro atoms. The summed E-state index contributed by atoms with van der Waals surface area (Å²) in [7, 11) is -3.62. The van der Waals surface area contributed by atoms with Crippen LogP contribution in [0.4, 0.5) is 0 Å². The molecule has 0 atom stereocenters. The summed E-state index contributed by atoms with van der Waals surface area (Å²) >= 11 is 0.702. The van der Waals surface area contributed by atoms with Crippen LogP contribution in [0.2, 0.25) is 0 Å². The van der Waals surface area contributed by atoms with Gasteiger partial charge >= 0.3 is 4.87 Å². The second kappa shape index (κ2) is 6.12. The van der Waals surface area contributed by atoms with E-state index in [1.807, 2.05) is 24.6 Å². The Kier molecular flexibility index (Phi) is 4.64. The summed E-state index contributed by atoms with van der Waals surface area (Å²) in [5.74, 6) is 0. The van der Waals surface area contributed by atoms with Crippen molar-refractivity contribution in [1.82, 2.24) is 19.5 Å². The number of sulfonamides is 1. The lowest BCUT2D eigenvalue weighted by molar-refractivity contribution is 0.544. The molecule has 0 saturated carbocycles. The number of rotatable bonds is 6. The Bertz CT molecular complexity index is 786. The first-order valence-corrected chi connectivity index (χ1v) is 8.80. The quantitative estimate of drug-likeness (QED) is 0.770. The van der Waals surface area contributed by atoms with E-state index in [4.69, 9.17) is 0 Å². The van der Waals surface area contributed by atoms with Gasteiger partial charge in [0.15, 0.2) is 4.21 Å². The van der Waals surface area contributed by atoms with Crippen molar-refractivity contribution in [1.29, 1.82) is 0 Å². The maximum atomic E-state index is 12.1. The van der Waals surface area contributed by atoms with E-state index in [2.05, 4.69) is 14.8 Å². The number of aryl methyl sites for hydroxylation is 4. The van der Waals surface area contributed by atoms with Crippen molar-refractivity contribution in [3.63, 3.8) is 0 Å². The molecule has 0 bridgehead atoms. The molecule has 116 valence electrons. The van der Waals surface area contributed by atoms with Gasteiger partial charge in [-0.05, 0) is 33.3 Å². The topological polar surface area (TPSA) is 96.9 Å². The van der Waals surface area contributed by atoms with Gasteiger partial charge in [-0.25, -0.2) is 13.1 Å². The van der Waals surface area contributed by atoms with Gasteiger partial charge in [0.25, 0.3) is 10.0 Å². The minimum atomic E-state index is -3.62. The molecule has 0 unspecified atom stereocenters. The van der Waals surface area contributed by atoms with Gasteiger partial charge < -0.3 is 4.98 Å². The smallest absolute Gasteiger partial charge is 0.305 e. The van der Waals surface area contributed by atoms with Gasteiger partial charge in [0.2, 0.25) is 0 Å². The third-order valence-electron chi connectivity index (χ3n) is 2.97. The summed E-state index contributed by atoms with van der Waals surface area (Å²) in [4.78, 5) is 13.3. The van der Waals surface area contributed by atoms with Crippen molar-refractivity contribution in [2.24, 2.45) is 0 Å². The highest BCUT2D eigenvalue weighted by Crippen LogP contribution is 2.15. The SMILES string of the molecule is Cc1cc(C)n(CCCNS(=O)(=O)c2sc(=O)[nH]c2C)n1. The zero-order chi connectivity index (χ0) is 15.6. The molecule has 9 heteroatoms. The van der Waals surface area contributed by atoms with Gasteiger partial charge in [-0.15, -0.1) is 0 Å². The predicted octanol–water partition coefficient (Wildman–Crippen LogP) is 0.927. The Morgan fingerprint density at radius 1 is 1.38 bits per heavy atom. The van der Waals surface area contributed by atoms with Crippen LogP contribution in [0.1, 0.15) is 23.5 Å². The Morgan fingerprint density at radius 2 is 2.10 bits per heavy atom. The fourth-order valence-corrected chi connectivity index (χ4v) is 4.47. The molecule has 2 heterocycles. The molecule has 0 fully saturated rings. The highest BCUT2D eigenvalue weighted by Gasteiger charge is 2.19. The molecule has 0 saturated heterocycles. The van der Waals surface area contributed by atoms with Crippen LogP contribution in [0.25, 0.3) is 0 Å². The van der Waals surface area contributed by atoms with E-state index in [-0.39, 0.29) is 9.08 Å². The van der Waals surface area contributed by atoms with Crippen molar-refractivity contribution < 1.29 is 8.42 Å². The number of nitrogens with zero attached hydrogens (tertiary/aromatic N) is 2. The van der Waals surface area contributed by atoms with Crippen molar-refractivity contribution in [3.8, 4) is 0 Å². The summed E-state index contributed by atoms with van der Waals surface area (Å²) in [5, 5.41) is 4.31. The highest BCUT2D eigenvalue weighted by molar-refractivity contribution is 7.91. The standard InChI is InChI=1S/C12H18N4O3S2/c1-8-7-9(2)16(15-8)6-4-5-13-21(18,19)11-10(3)14-12(17)20-11/h7,13H,4-6H2,1-3H3,(H,14,17). The van der Waals surface area contributed by atoms with Crippen LogP contribution < -0.4 is 9.60 Å². The Balaban J connectivity index is 1.92. The van der Waals surface area contributed by atoms with Crippen molar-refractivity contribution >= 4 is 21.4 Å². The third-order valence-corrected chi connectivity index (χ3v) is 6.03. The molecule has 0 amide bonds. The third kappa shape index (κ3) is 3.80. The summed E-state index contributed by atoms with van der Waals surface area (Å²) in [6.45, 7) is 6.40. The zero-order valence-corrected chi connectivity index (χ0v) is 13.8. The fraction of sp³-hybridized carbons (Fsp3) is 0.500. The van der Waals surface area contributed by atoms with Gasteiger partial charge in [-0.3, -0.25) is 9.48 Å². The summed E-state index contributed by atoms with van der Waals surface area (Å²) in [6, 6.07) is 1.98. The lowest BCUT2D eigenvalue weighted by Crippen LogP contribution is -2.25. The molecule has 2 aromatic heterocycles. The molecule has 0 aliphatic carbocycles. The summed E-state index contributed by atoms with van der Waals surface area (Å²) in [5.41, 5.74) is 2.37. The maximum absolute atomic E-state index is 12.1. The minimum Gasteiger partial charge on any atom is -0.315 e. The molecular formula is C12H18N4O3S2. The molecule has 2 aromatic rings. The zero-order valence-electron chi connectivity index (χ0n) is 12.1. The van der Waals surface area contributed by atoms with Gasteiger partial charge in [0.05, 0.1) is 5.69 Å². The molecule has 0 radical (unpaired) electrons. The van der Waals surface area contributed by atoms with Crippen LogP contribution in [0, 0.1) is 20.8 Å². The van der Waals surface area contributed by atoms with Crippen LogP contribution in [0.15, 0.2) is 15.1 Å². The highest BCUT2D eigenvalue weighted by atomic mass is 32.2. The molecule has 2 N–H and O–H groups in total. The predicted molar refractivity (Wildman–Crippen MR) is 81.2 cm³/mol. The van der Waals surface area contributed by atoms with Crippen LogP contribution >= 0.6 is 11.3 Å². The lowest BCUT2D eigenvalue weighted by atomic mass is 10.4. The van der Waals surface area contributed by atoms with Gasteiger partial charge in [0, 0.05) is 24.5 Å². The molecular weight excluding hydrogens is 312 g/mol. The van der Waals surface area contributed by atoms with E-state index in [9.17, 15) is 13.2 Å². The van der Waals surface area contributed by atoms with E-state index in [1.165, 1.54) is 0 Å². The van der Waals surface area contributed by atoms with E-state index in [0.29, 0.717) is 36.5 Å². The average molecular weight is 330 g/mol. The van der Waals surface area contributed by atoms with Crippen LogP contribution in [0.5, 0.6) is 0 Å². The molecule has 2 rings (SSSR count). The van der Waals surface area contributed by atoms with Gasteiger partial charge in [0.1, 0.15) is 0 Å². The Labute approximate surface area is 127 Å². The number of H-pyrrole nitrogens is 1. The fourth-order valence-electron chi connectivity index (χ4n) is 2.05. The Morgan fingerprint density at radius 3 is 2.62 bits per heavy atom. The van der Waals surface area contributed by atoms with E-state index < -0.39 is 10.0 Å². The number of hydrogen-bond acceptors (Lipinski definition) is 5. The normalized spacial score (nSPS) is 12.0. The molecule has 21 heavy (non-hydrogen) atoms. The Hall–Kier alpha value is -1.45. The number of hydrogen-bond donors (Lipinski definition) is 2. The van der Waals surface area contributed by atoms with Crippen LogP contribution in [-0.2, 0) is 16.6 Å². The van der Waals surface area contributed by atoms with E-state index >= 15 is 0 Å². The number of aromatic nitrogens is 3. The first-order chi connectivity index (χ1) is 9.79. The average Bonchev–Trinajstić information content (AvgIpc) is 2.87. The van der Waals surface area contributed by atoms with Crippen LogP contribution in [0.3, 0.4) is 0 Å². The second-order valence-electron chi connectivity index (χ2n) is 4.83. The first kappa shape index (κ1) is 15.9. The van der Waals surface area contributed by atoms with Gasteiger partial charge in [-0.2, -0.15) is 5.10 Å². The van der Waals surface area contributed by atoms with Crippen LogP contribution in [-0.4, -0.2) is 29.7 Å². The van der Waals surface area contributed by atoms with E-state index in [1.54, 1.807) is 6.92 Å². The number of thiazole rings is 1. The molecule has 0 aliphatic heterocycles. The second-order valence-corrected chi connectivity index (χ2v) is 7.77. The number of aromatic amines is 1. The molecule has 0 aliphatic rings. The summed E-state index contributed by atoms with van der Waals surface area (Å²) < 4.78 is 28.5. The number of nitrogens with one attached hydrogen (secondary N) is 2. The largest absolute Gasteiger partial charge is 0.315 e.